The number of nitrogen functional groups attached to an aromatic ring is 2. The van der Waals surface area contributed by atoms with Gasteiger partial charge >= 0.3 is 21.1 Å². The summed E-state index contributed by atoms with van der Waals surface area (Å²) in [7, 11) is -1.32. The van der Waals surface area contributed by atoms with Crippen molar-refractivity contribution in [1.29, 1.82) is 0 Å². The summed E-state index contributed by atoms with van der Waals surface area (Å²) in [4.78, 5) is 8.05. The first-order valence-electron chi connectivity index (χ1n) is 15.0. The largest absolute Gasteiger partial charge is 0.496 e. The second kappa shape index (κ2) is 15.5. The van der Waals surface area contributed by atoms with Gasteiger partial charge in [0.1, 0.15) is 11.6 Å². The number of nitrogens with two attached hydrogens (primary N) is 2. The maximum atomic E-state index is 5.96. The van der Waals surface area contributed by atoms with Gasteiger partial charge in [-0.2, -0.15) is 0 Å². The Bertz CT molecular complexity index is 1260. The van der Waals surface area contributed by atoms with E-state index in [-0.39, 0.29) is 63.0 Å². The fraction of sp³-hybridized carbons (Fsp3) is 0.697. The van der Waals surface area contributed by atoms with Crippen molar-refractivity contribution in [2.75, 3.05) is 11.5 Å². The van der Waals surface area contributed by atoms with Gasteiger partial charge < -0.3 is 39.4 Å². The van der Waals surface area contributed by atoms with Gasteiger partial charge in [-0.1, -0.05) is 28.3 Å². The van der Waals surface area contributed by atoms with E-state index in [0.717, 1.165) is 21.1 Å². The highest BCUT2D eigenvalue weighted by Crippen LogP contribution is 2.43. The van der Waals surface area contributed by atoms with Crippen LogP contribution in [0.5, 0.6) is 0 Å². The molecule has 0 unspecified atom stereocenters. The van der Waals surface area contributed by atoms with Crippen LogP contribution in [0.25, 0.3) is 0 Å². The van der Waals surface area contributed by atoms with Crippen LogP contribution in [0.15, 0.2) is 29.0 Å². The topological polar surface area (TPSA) is 133 Å². The van der Waals surface area contributed by atoms with Gasteiger partial charge in [0.2, 0.25) is 0 Å². The number of nitrogens with zero attached hydrogens (tertiary/aromatic N) is 2. The summed E-state index contributed by atoms with van der Waals surface area (Å²) in [6, 6.07) is 3.90. The molecular formula is C33H62B3BrN4O6. The SMILES string of the molecule is C.C.C.CC1(C)OB(B2OC(C)(C)C(C)(C)O2)OC1(C)C.Cc1cc(B2OC(C)(C)C(C)(C)O2)cnc1N.Cc1cc(Br)cnc1N. The predicted molar refractivity (Wildman–Crippen MR) is 203 cm³/mol. The molecule has 47 heavy (non-hydrogen) atoms. The zero-order chi connectivity index (χ0) is 33.7. The van der Waals surface area contributed by atoms with Gasteiger partial charge in [0.15, 0.2) is 0 Å². The van der Waals surface area contributed by atoms with Gasteiger partial charge in [-0.3, -0.25) is 0 Å². The Labute approximate surface area is 295 Å². The highest BCUT2D eigenvalue weighted by atomic mass is 79.9. The molecule has 0 radical (unpaired) electrons. The van der Waals surface area contributed by atoms with Crippen molar-refractivity contribution in [2.24, 2.45) is 0 Å². The second-order valence-electron chi connectivity index (χ2n) is 14.7. The fourth-order valence-corrected chi connectivity index (χ4v) is 4.71. The Kier molecular flexibility index (Phi) is 14.9. The number of anilines is 2. The van der Waals surface area contributed by atoms with Crippen LogP contribution in [-0.2, 0) is 27.9 Å². The molecule has 0 atom stereocenters. The van der Waals surface area contributed by atoms with E-state index in [1.165, 1.54) is 0 Å². The summed E-state index contributed by atoms with van der Waals surface area (Å²) in [6.45, 7) is 28.2. The number of hydrogen-bond acceptors (Lipinski definition) is 10. The smallest absolute Gasteiger partial charge is 0.405 e. The normalized spacial score (nSPS) is 22.0. The molecule has 266 valence electrons. The van der Waals surface area contributed by atoms with Crippen molar-refractivity contribution < 1.29 is 27.9 Å². The molecule has 0 aromatic carbocycles. The molecule has 5 rings (SSSR count). The molecule has 14 heteroatoms. The average molecular weight is 723 g/mol. The summed E-state index contributed by atoms with van der Waals surface area (Å²) in [5, 5.41) is 0. The minimum Gasteiger partial charge on any atom is -0.405 e. The second-order valence-corrected chi connectivity index (χ2v) is 15.6. The molecule has 2 aromatic heterocycles. The lowest BCUT2D eigenvalue weighted by atomic mass is 9.49. The van der Waals surface area contributed by atoms with Crippen LogP contribution in [0.1, 0.15) is 116 Å². The average Bonchev–Trinajstić information content (AvgIpc) is 3.33. The van der Waals surface area contributed by atoms with Crippen LogP contribution < -0.4 is 16.9 Å². The number of aromatic nitrogens is 2. The molecule has 2 aromatic rings. The van der Waals surface area contributed by atoms with Crippen LogP contribution in [0.3, 0.4) is 0 Å². The quantitative estimate of drug-likeness (QED) is 0.308. The first-order chi connectivity index (χ1) is 19.8. The molecule has 3 saturated heterocycles. The number of rotatable bonds is 2. The van der Waals surface area contributed by atoms with Crippen molar-refractivity contribution in [3.8, 4) is 0 Å². The monoisotopic (exact) mass is 722 g/mol. The van der Waals surface area contributed by atoms with E-state index in [9.17, 15) is 0 Å². The number of pyridine rings is 2. The highest BCUT2D eigenvalue weighted by molar-refractivity contribution is 9.10. The Hall–Kier alpha value is -1.67. The van der Waals surface area contributed by atoms with E-state index in [4.69, 9.17) is 39.4 Å². The molecule has 3 fully saturated rings. The predicted octanol–water partition coefficient (Wildman–Crippen LogP) is 7.16. The summed E-state index contributed by atoms with van der Waals surface area (Å²) in [5.74, 6) is 1.14. The lowest BCUT2D eigenvalue weighted by Gasteiger charge is -2.32. The molecule has 3 aliphatic rings. The van der Waals surface area contributed by atoms with Crippen LogP contribution in [0, 0.1) is 13.8 Å². The van der Waals surface area contributed by atoms with Gasteiger partial charge in [0, 0.05) is 22.3 Å². The summed E-state index contributed by atoms with van der Waals surface area (Å²) >= 11 is 3.28. The minimum absolute atomic E-state index is 0. The van der Waals surface area contributed by atoms with Crippen molar-refractivity contribution in [1.82, 2.24) is 9.97 Å². The molecule has 0 bridgehead atoms. The van der Waals surface area contributed by atoms with E-state index in [1.807, 2.05) is 109 Å². The van der Waals surface area contributed by atoms with Crippen LogP contribution in [0.4, 0.5) is 11.6 Å². The molecule has 10 nitrogen and oxygen atoms in total. The molecular weight excluding hydrogens is 661 g/mol. The van der Waals surface area contributed by atoms with Gasteiger partial charge in [0.25, 0.3) is 0 Å². The van der Waals surface area contributed by atoms with Crippen molar-refractivity contribution in [2.45, 2.75) is 153 Å². The first-order valence-corrected chi connectivity index (χ1v) is 15.8. The van der Waals surface area contributed by atoms with E-state index in [2.05, 4.69) is 25.9 Å². The third kappa shape index (κ3) is 9.96. The van der Waals surface area contributed by atoms with E-state index >= 15 is 0 Å². The van der Waals surface area contributed by atoms with Gasteiger partial charge in [-0.05, 0) is 130 Å². The maximum absolute atomic E-state index is 5.96. The fourth-order valence-electron chi connectivity index (χ4n) is 4.27. The zero-order valence-electron chi connectivity index (χ0n) is 28.9. The summed E-state index contributed by atoms with van der Waals surface area (Å²) in [6.07, 6.45) is 3.40. The van der Waals surface area contributed by atoms with Gasteiger partial charge in [-0.15, -0.1) is 0 Å². The lowest BCUT2D eigenvalue weighted by molar-refractivity contribution is 0.00578. The van der Waals surface area contributed by atoms with Crippen molar-refractivity contribution in [3.63, 3.8) is 0 Å². The molecule has 0 spiro atoms. The third-order valence-electron chi connectivity index (χ3n) is 9.52. The standard InChI is InChI=1S/C12H24B2O4.C12H19BN2O2.C6H7BrN2.3CH4/c1-9(2)10(3,4)16-13(15-9)14-17-11(5,6)12(7,8)18-14;1-8-6-9(7-15-10(8)14)13-16-11(2,3)12(4,5)17-13;1-4-2-5(7)3-9-6(4)8;;;/h1-8H3;6-7H,1-5H3,(H2,14,15);2-3H,1H3,(H2,8,9);3*1H4. The molecule has 4 N–H and O–H groups in total. The molecule has 3 aliphatic heterocycles. The van der Waals surface area contributed by atoms with E-state index < -0.39 is 14.0 Å². The number of halogens is 1. The third-order valence-corrected chi connectivity index (χ3v) is 9.95. The minimum atomic E-state index is -0.476. The Morgan fingerprint density at radius 1 is 0.532 bits per heavy atom. The van der Waals surface area contributed by atoms with Crippen molar-refractivity contribution in [3.05, 3.63) is 40.1 Å². The molecule has 5 heterocycles. The van der Waals surface area contributed by atoms with Crippen LogP contribution in [-0.4, -0.2) is 64.7 Å². The lowest BCUT2D eigenvalue weighted by Crippen LogP contribution is -2.41. The molecule has 0 saturated carbocycles. The summed E-state index contributed by atoms with van der Waals surface area (Å²) in [5.41, 5.74) is 11.9. The summed E-state index contributed by atoms with van der Waals surface area (Å²) < 4.78 is 36.7. The Balaban J connectivity index is 0.000000686. The maximum Gasteiger partial charge on any atom is 0.496 e. The highest BCUT2D eigenvalue weighted by Gasteiger charge is 2.63. The molecule has 0 aliphatic carbocycles. The van der Waals surface area contributed by atoms with Gasteiger partial charge in [-0.25, -0.2) is 9.97 Å². The van der Waals surface area contributed by atoms with E-state index in [0.29, 0.717) is 11.6 Å². The number of aryl methyl sites for hydroxylation is 2. The molecule has 0 amide bonds. The Morgan fingerprint density at radius 3 is 1.13 bits per heavy atom. The van der Waals surface area contributed by atoms with Crippen molar-refractivity contribution >= 4 is 54.2 Å². The van der Waals surface area contributed by atoms with Crippen LogP contribution in [0.2, 0.25) is 0 Å². The number of hydrogen-bond donors (Lipinski definition) is 2. The van der Waals surface area contributed by atoms with Crippen LogP contribution >= 0.6 is 15.9 Å². The zero-order valence-corrected chi connectivity index (χ0v) is 30.5. The Morgan fingerprint density at radius 2 is 0.830 bits per heavy atom. The first kappa shape index (κ1) is 45.3. The van der Waals surface area contributed by atoms with E-state index in [1.54, 1.807) is 12.4 Å². The van der Waals surface area contributed by atoms with Gasteiger partial charge in [0.05, 0.1) is 33.6 Å².